The molecule has 0 aromatic carbocycles. The molecule has 2 rings (SSSR count). The van der Waals surface area contributed by atoms with Gasteiger partial charge < -0.3 is 4.74 Å². The lowest BCUT2D eigenvalue weighted by Gasteiger charge is -2.50. The minimum atomic E-state index is 0.0594. The van der Waals surface area contributed by atoms with Gasteiger partial charge in [-0.2, -0.15) is 0 Å². The Balaban J connectivity index is 2.06. The molecule has 0 saturated heterocycles. The second kappa shape index (κ2) is 4.42. The van der Waals surface area contributed by atoms with Crippen LogP contribution in [-0.4, -0.2) is 16.5 Å². The number of pyridine rings is 1. The first-order chi connectivity index (χ1) is 7.56. The summed E-state index contributed by atoms with van der Waals surface area (Å²) in [6.45, 7) is 4.30. The molecule has 1 aliphatic carbocycles. The fourth-order valence-corrected chi connectivity index (χ4v) is 2.64. The summed E-state index contributed by atoms with van der Waals surface area (Å²) < 4.78 is 5.88. The Kier molecular flexibility index (Phi) is 3.32. The summed E-state index contributed by atoms with van der Waals surface area (Å²) in [5, 5.41) is 0.798. The third-order valence-corrected chi connectivity index (χ3v) is 4.48. The van der Waals surface area contributed by atoms with Crippen molar-refractivity contribution >= 4 is 23.2 Å². The molecule has 1 fully saturated rings. The summed E-state index contributed by atoms with van der Waals surface area (Å²) in [6.07, 6.45) is 5.35. The summed E-state index contributed by atoms with van der Waals surface area (Å²) in [7, 11) is 0. The van der Waals surface area contributed by atoms with Crippen LogP contribution in [0.15, 0.2) is 18.5 Å². The van der Waals surface area contributed by atoms with Crippen molar-refractivity contribution in [2.75, 3.05) is 0 Å². The van der Waals surface area contributed by atoms with Gasteiger partial charge in [-0.05, 0) is 6.42 Å². The zero-order valence-electron chi connectivity index (χ0n) is 9.41. The van der Waals surface area contributed by atoms with Gasteiger partial charge in [-0.1, -0.05) is 25.4 Å². The van der Waals surface area contributed by atoms with Crippen molar-refractivity contribution in [3.05, 3.63) is 23.5 Å². The summed E-state index contributed by atoms with van der Waals surface area (Å²) in [6, 6.07) is 1.78. The molecule has 3 unspecified atom stereocenters. The summed E-state index contributed by atoms with van der Waals surface area (Å²) in [5.41, 5.74) is 0.0594. The molecule has 2 nitrogen and oxygen atoms in total. The van der Waals surface area contributed by atoms with Gasteiger partial charge in [-0.15, -0.1) is 11.6 Å². The Morgan fingerprint density at radius 2 is 2.31 bits per heavy atom. The number of nitrogens with zero attached hydrogens (tertiary/aromatic N) is 1. The molecule has 16 heavy (non-hydrogen) atoms. The van der Waals surface area contributed by atoms with Crippen LogP contribution in [0.3, 0.4) is 0 Å². The lowest BCUT2D eigenvalue weighted by Crippen LogP contribution is -2.55. The number of alkyl halides is 1. The standard InChI is InChI=1S/C12H15Cl2NO/c1-3-12(2)10(14)5-11(12)16-9-4-8(13)6-15-7-9/h4,6-7,10-11H,3,5H2,1-2H3. The van der Waals surface area contributed by atoms with E-state index in [1.807, 2.05) is 0 Å². The highest BCUT2D eigenvalue weighted by molar-refractivity contribution is 6.30. The Labute approximate surface area is 106 Å². The predicted molar refractivity (Wildman–Crippen MR) is 66.3 cm³/mol. The fourth-order valence-electron chi connectivity index (χ4n) is 2.02. The average molecular weight is 260 g/mol. The van der Waals surface area contributed by atoms with Gasteiger partial charge in [0.25, 0.3) is 0 Å². The van der Waals surface area contributed by atoms with Crippen molar-refractivity contribution in [2.24, 2.45) is 5.41 Å². The molecular formula is C12H15Cl2NO. The molecule has 1 aromatic heterocycles. The first-order valence-electron chi connectivity index (χ1n) is 5.47. The summed E-state index contributed by atoms with van der Waals surface area (Å²) in [5.74, 6) is 0.723. The number of hydrogen-bond donors (Lipinski definition) is 0. The number of rotatable bonds is 3. The fraction of sp³-hybridized carbons (Fsp3) is 0.583. The van der Waals surface area contributed by atoms with Crippen LogP contribution in [0, 0.1) is 5.41 Å². The molecule has 1 aromatic rings. The molecule has 0 radical (unpaired) electrons. The lowest BCUT2D eigenvalue weighted by molar-refractivity contribution is -0.0296. The second-order valence-corrected chi connectivity index (χ2v) is 5.47. The monoisotopic (exact) mass is 259 g/mol. The molecule has 0 spiro atoms. The first-order valence-corrected chi connectivity index (χ1v) is 6.29. The molecular weight excluding hydrogens is 245 g/mol. The number of halogens is 2. The minimum Gasteiger partial charge on any atom is -0.488 e. The normalized spacial score (nSPS) is 33.2. The van der Waals surface area contributed by atoms with Crippen molar-refractivity contribution in [1.29, 1.82) is 0 Å². The van der Waals surface area contributed by atoms with Crippen LogP contribution in [0.4, 0.5) is 0 Å². The van der Waals surface area contributed by atoms with Crippen molar-refractivity contribution in [2.45, 2.75) is 38.2 Å². The van der Waals surface area contributed by atoms with Gasteiger partial charge in [0, 0.05) is 29.5 Å². The van der Waals surface area contributed by atoms with Crippen molar-refractivity contribution < 1.29 is 4.74 Å². The van der Waals surface area contributed by atoms with Gasteiger partial charge in [0.1, 0.15) is 11.9 Å². The van der Waals surface area contributed by atoms with Gasteiger partial charge in [0.05, 0.1) is 11.2 Å². The molecule has 0 bridgehead atoms. The maximum Gasteiger partial charge on any atom is 0.139 e. The third-order valence-electron chi connectivity index (χ3n) is 3.59. The van der Waals surface area contributed by atoms with Crippen molar-refractivity contribution in [3.63, 3.8) is 0 Å². The Bertz CT molecular complexity index is 385. The van der Waals surface area contributed by atoms with E-state index < -0.39 is 0 Å². The van der Waals surface area contributed by atoms with Crippen LogP contribution in [-0.2, 0) is 0 Å². The number of hydrogen-bond acceptors (Lipinski definition) is 2. The number of aromatic nitrogens is 1. The molecule has 0 amide bonds. The molecule has 88 valence electrons. The number of ether oxygens (including phenoxy) is 1. The van der Waals surface area contributed by atoms with E-state index in [0.717, 1.165) is 18.6 Å². The molecule has 4 heteroatoms. The molecule has 1 aliphatic rings. The van der Waals surface area contributed by atoms with Crippen LogP contribution in [0.2, 0.25) is 5.02 Å². The second-order valence-electron chi connectivity index (χ2n) is 4.51. The van der Waals surface area contributed by atoms with Gasteiger partial charge in [-0.25, -0.2) is 0 Å². The average Bonchev–Trinajstić information content (AvgIpc) is 2.27. The maximum atomic E-state index is 6.23. The Hall–Kier alpha value is -0.470. The molecule has 1 saturated carbocycles. The van der Waals surface area contributed by atoms with Crippen LogP contribution in [0.1, 0.15) is 26.7 Å². The quantitative estimate of drug-likeness (QED) is 0.769. The smallest absolute Gasteiger partial charge is 0.139 e. The molecule has 3 atom stereocenters. The highest BCUT2D eigenvalue weighted by atomic mass is 35.5. The maximum absolute atomic E-state index is 6.23. The van der Waals surface area contributed by atoms with Crippen LogP contribution in [0.25, 0.3) is 0 Å². The molecule has 0 aliphatic heterocycles. The van der Waals surface area contributed by atoms with E-state index in [0.29, 0.717) is 5.02 Å². The molecule has 1 heterocycles. The lowest BCUT2D eigenvalue weighted by atomic mass is 9.65. The van der Waals surface area contributed by atoms with Crippen LogP contribution >= 0.6 is 23.2 Å². The topological polar surface area (TPSA) is 22.1 Å². The van der Waals surface area contributed by atoms with Gasteiger partial charge in [0.2, 0.25) is 0 Å². The van der Waals surface area contributed by atoms with Crippen LogP contribution < -0.4 is 4.74 Å². The summed E-state index contributed by atoms with van der Waals surface area (Å²) >= 11 is 12.1. The van der Waals surface area contributed by atoms with E-state index in [-0.39, 0.29) is 16.9 Å². The van der Waals surface area contributed by atoms with E-state index in [2.05, 4.69) is 18.8 Å². The zero-order valence-corrected chi connectivity index (χ0v) is 10.9. The SMILES string of the molecule is CCC1(C)C(Cl)CC1Oc1cncc(Cl)c1. The highest BCUT2D eigenvalue weighted by Crippen LogP contribution is 2.49. The van der Waals surface area contributed by atoms with E-state index in [9.17, 15) is 0 Å². The van der Waals surface area contributed by atoms with E-state index in [4.69, 9.17) is 27.9 Å². The Morgan fingerprint density at radius 1 is 1.56 bits per heavy atom. The minimum absolute atomic E-state index is 0.0594. The highest BCUT2D eigenvalue weighted by Gasteiger charge is 2.51. The zero-order chi connectivity index (χ0) is 11.8. The summed E-state index contributed by atoms with van der Waals surface area (Å²) in [4.78, 5) is 4.00. The van der Waals surface area contributed by atoms with Crippen molar-refractivity contribution in [3.8, 4) is 5.75 Å². The third kappa shape index (κ3) is 2.01. The van der Waals surface area contributed by atoms with Crippen molar-refractivity contribution in [1.82, 2.24) is 4.98 Å². The van der Waals surface area contributed by atoms with E-state index >= 15 is 0 Å². The van der Waals surface area contributed by atoms with Crippen LogP contribution in [0.5, 0.6) is 5.75 Å². The Morgan fingerprint density at radius 3 is 2.88 bits per heavy atom. The predicted octanol–water partition coefficient (Wildman–Crippen LogP) is 3.91. The van der Waals surface area contributed by atoms with E-state index in [1.165, 1.54) is 0 Å². The van der Waals surface area contributed by atoms with Gasteiger partial charge in [0.15, 0.2) is 0 Å². The molecule has 0 N–H and O–H groups in total. The first kappa shape index (κ1) is 12.0. The van der Waals surface area contributed by atoms with Gasteiger partial charge >= 0.3 is 0 Å². The largest absolute Gasteiger partial charge is 0.488 e. The van der Waals surface area contributed by atoms with Gasteiger partial charge in [-0.3, -0.25) is 4.98 Å². The van der Waals surface area contributed by atoms with E-state index in [1.54, 1.807) is 18.5 Å².